The average Bonchev–Trinajstić information content (AvgIpc) is 3.06. The Hall–Kier alpha value is -4.61. The number of nitrogen functional groups attached to an aromatic ring is 4. The number of aliphatic carboxylic acids is 1. The van der Waals surface area contributed by atoms with Crippen molar-refractivity contribution in [2.24, 2.45) is 0 Å². The zero-order chi connectivity index (χ0) is 33.9. The highest BCUT2D eigenvalue weighted by Crippen LogP contribution is 2.17. The molecule has 1 heterocycles. The summed E-state index contributed by atoms with van der Waals surface area (Å²) >= 11 is 0. The maximum absolute atomic E-state index is 12.4. The van der Waals surface area contributed by atoms with Crippen molar-refractivity contribution in [3.8, 4) is 0 Å². The summed E-state index contributed by atoms with van der Waals surface area (Å²) in [7, 11) is 0. The van der Waals surface area contributed by atoms with Crippen molar-refractivity contribution >= 4 is 28.7 Å². The van der Waals surface area contributed by atoms with Crippen LogP contribution in [0.25, 0.3) is 0 Å². The van der Waals surface area contributed by atoms with Crippen LogP contribution in [-0.2, 0) is 30.5 Å². The van der Waals surface area contributed by atoms with Crippen molar-refractivity contribution in [3.63, 3.8) is 0 Å². The van der Waals surface area contributed by atoms with E-state index in [2.05, 4.69) is 45.1 Å². The molecule has 254 valence electrons. The van der Waals surface area contributed by atoms with E-state index < -0.39 is 5.97 Å². The molecule has 4 atom stereocenters. The van der Waals surface area contributed by atoms with Gasteiger partial charge in [-0.25, -0.2) is 0 Å². The van der Waals surface area contributed by atoms with Crippen LogP contribution in [0.1, 0.15) is 22.3 Å². The quantitative estimate of drug-likeness (QED) is 0.119. The first-order valence-corrected chi connectivity index (χ1v) is 16.7. The summed E-state index contributed by atoms with van der Waals surface area (Å²) in [5.41, 5.74) is 31.5. The third kappa shape index (κ3) is 11.0. The summed E-state index contributed by atoms with van der Waals surface area (Å²) in [5, 5.41) is 21.7. The number of hydrogen-bond acceptors (Lipinski definition) is 9. The van der Waals surface area contributed by atoms with Gasteiger partial charge in [-0.05, 0) is 96.5 Å². The summed E-state index contributed by atoms with van der Waals surface area (Å²) in [5.74, 6) is -0.850. The molecule has 0 aromatic heterocycles. The SMILES string of the molecule is Nc1ccc(C[C@H]2CN[C@@H](Cc3ccc(N)cc3)CN(CC(=O)O)[C@@H](Cc3ccc(N)cc3)CN[C@@H](Cc3ccc(N)cc3)CN2)cc1. The van der Waals surface area contributed by atoms with Crippen LogP contribution in [0.3, 0.4) is 0 Å². The molecular formula is C38H50N8O2. The topological polar surface area (TPSA) is 181 Å². The molecule has 4 aromatic rings. The van der Waals surface area contributed by atoms with Crippen LogP contribution in [0.2, 0.25) is 0 Å². The summed E-state index contributed by atoms with van der Waals surface area (Å²) in [6, 6.07) is 32.0. The molecule has 1 saturated heterocycles. The fourth-order valence-electron chi connectivity index (χ4n) is 6.43. The number of nitrogens with zero attached hydrogens (tertiary/aromatic N) is 1. The number of benzene rings is 4. The van der Waals surface area contributed by atoms with E-state index in [1.54, 1.807) is 0 Å². The molecule has 48 heavy (non-hydrogen) atoms. The summed E-state index contributed by atoms with van der Waals surface area (Å²) in [4.78, 5) is 14.5. The van der Waals surface area contributed by atoms with E-state index >= 15 is 0 Å². The van der Waals surface area contributed by atoms with Gasteiger partial charge in [-0.3, -0.25) is 9.69 Å². The first kappa shape index (κ1) is 34.7. The van der Waals surface area contributed by atoms with Crippen LogP contribution >= 0.6 is 0 Å². The summed E-state index contributed by atoms with van der Waals surface area (Å²) < 4.78 is 0. The van der Waals surface area contributed by atoms with Crippen LogP contribution in [0.4, 0.5) is 22.7 Å². The second-order valence-corrected chi connectivity index (χ2v) is 13.1. The molecule has 0 amide bonds. The Morgan fingerprint density at radius 3 is 1.27 bits per heavy atom. The molecule has 5 rings (SSSR count). The predicted molar refractivity (Wildman–Crippen MR) is 197 cm³/mol. The highest BCUT2D eigenvalue weighted by molar-refractivity contribution is 5.69. The fraction of sp³-hybridized carbons (Fsp3) is 0.342. The van der Waals surface area contributed by atoms with Crippen LogP contribution in [0.5, 0.6) is 0 Å². The van der Waals surface area contributed by atoms with Crippen molar-refractivity contribution in [1.29, 1.82) is 0 Å². The summed E-state index contributed by atoms with van der Waals surface area (Å²) in [6.07, 6.45) is 3.02. The van der Waals surface area contributed by atoms with Gasteiger partial charge in [0.15, 0.2) is 0 Å². The number of carboxylic acids is 1. The molecule has 0 saturated carbocycles. The summed E-state index contributed by atoms with van der Waals surface area (Å²) in [6.45, 7) is 2.51. The van der Waals surface area contributed by atoms with Crippen LogP contribution < -0.4 is 38.9 Å². The van der Waals surface area contributed by atoms with Gasteiger partial charge in [-0.2, -0.15) is 0 Å². The van der Waals surface area contributed by atoms with Crippen molar-refractivity contribution < 1.29 is 9.90 Å². The number of rotatable bonds is 10. The predicted octanol–water partition coefficient (Wildman–Crippen LogP) is 2.93. The number of hydrogen-bond donors (Lipinski definition) is 8. The molecule has 12 N–H and O–H groups in total. The second kappa shape index (κ2) is 17.0. The molecule has 10 nitrogen and oxygen atoms in total. The molecule has 0 spiro atoms. The number of anilines is 4. The van der Waals surface area contributed by atoms with E-state index in [1.165, 1.54) is 11.1 Å². The van der Waals surface area contributed by atoms with Crippen molar-refractivity contribution in [2.75, 3.05) is 55.7 Å². The van der Waals surface area contributed by atoms with E-state index in [-0.39, 0.29) is 30.7 Å². The van der Waals surface area contributed by atoms with Gasteiger partial charge >= 0.3 is 5.97 Å². The lowest BCUT2D eigenvalue weighted by Crippen LogP contribution is -2.57. The lowest BCUT2D eigenvalue weighted by atomic mass is 9.98. The molecule has 4 aromatic carbocycles. The molecule has 1 aliphatic rings. The third-order valence-electron chi connectivity index (χ3n) is 9.09. The maximum atomic E-state index is 12.4. The second-order valence-electron chi connectivity index (χ2n) is 13.1. The number of carbonyl (C=O) groups is 1. The molecule has 1 fully saturated rings. The minimum Gasteiger partial charge on any atom is -0.480 e. The van der Waals surface area contributed by atoms with E-state index in [1.807, 2.05) is 72.8 Å². The smallest absolute Gasteiger partial charge is 0.317 e. The highest BCUT2D eigenvalue weighted by Gasteiger charge is 2.27. The van der Waals surface area contributed by atoms with Gasteiger partial charge in [0.05, 0.1) is 6.54 Å². The largest absolute Gasteiger partial charge is 0.480 e. The first-order chi connectivity index (χ1) is 23.2. The molecule has 0 radical (unpaired) electrons. The van der Waals surface area contributed by atoms with Gasteiger partial charge in [0.2, 0.25) is 0 Å². The first-order valence-electron chi connectivity index (χ1n) is 16.7. The number of nitrogens with one attached hydrogen (secondary N) is 3. The molecule has 0 aliphatic carbocycles. The third-order valence-corrected chi connectivity index (χ3v) is 9.09. The Kier molecular flexibility index (Phi) is 12.3. The molecule has 0 unspecified atom stereocenters. The monoisotopic (exact) mass is 650 g/mol. The highest BCUT2D eigenvalue weighted by atomic mass is 16.4. The number of carboxylic acid groups (broad SMARTS) is 1. The Morgan fingerprint density at radius 1 is 0.542 bits per heavy atom. The Labute approximate surface area is 283 Å². The van der Waals surface area contributed by atoms with E-state index in [9.17, 15) is 9.90 Å². The standard InChI is InChI=1S/C38H50N8O2/c39-30-9-1-26(2-10-30)17-34-22-44-36(19-28-5-13-32(41)14-6-28)24-46(25-38(47)48)37(20-29-7-15-33(42)16-8-29)23-45-35(21-43-34)18-27-3-11-31(40)12-4-27/h1-16,34-37,43-45H,17-25,39-42H2,(H,47,48)/t34-,35-,36-,37-/m0/s1. The van der Waals surface area contributed by atoms with Gasteiger partial charge in [0, 0.05) is 73.1 Å². The lowest BCUT2D eigenvalue weighted by Gasteiger charge is -2.37. The van der Waals surface area contributed by atoms with Crippen molar-refractivity contribution in [3.05, 3.63) is 119 Å². The van der Waals surface area contributed by atoms with Gasteiger partial charge < -0.3 is 44.0 Å². The molecular weight excluding hydrogens is 600 g/mol. The van der Waals surface area contributed by atoms with E-state index in [0.29, 0.717) is 37.4 Å². The Balaban J connectivity index is 1.45. The van der Waals surface area contributed by atoms with Gasteiger partial charge in [-0.1, -0.05) is 48.5 Å². The zero-order valence-electron chi connectivity index (χ0n) is 27.5. The van der Waals surface area contributed by atoms with Crippen LogP contribution in [0, 0.1) is 0 Å². The van der Waals surface area contributed by atoms with Gasteiger partial charge in [0.25, 0.3) is 0 Å². The van der Waals surface area contributed by atoms with E-state index in [0.717, 1.165) is 48.3 Å². The normalized spacial score (nSPS) is 21.2. The minimum absolute atomic E-state index is 0.0115. The fourth-order valence-corrected chi connectivity index (χ4v) is 6.43. The Morgan fingerprint density at radius 2 is 0.875 bits per heavy atom. The van der Waals surface area contributed by atoms with E-state index in [4.69, 9.17) is 22.9 Å². The van der Waals surface area contributed by atoms with Crippen molar-refractivity contribution in [1.82, 2.24) is 20.9 Å². The van der Waals surface area contributed by atoms with Crippen LogP contribution in [0.15, 0.2) is 97.1 Å². The molecule has 10 heteroatoms. The van der Waals surface area contributed by atoms with Crippen LogP contribution in [-0.4, -0.2) is 72.9 Å². The van der Waals surface area contributed by atoms with Crippen molar-refractivity contribution in [2.45, 2.75) is 49.9 Å². The minimum atomic E-state index is -0.850. The molecule has 0 bridgehead atoms. The molecule has 1 aliphatic heterocycles. The zero-order valence-corrected chi connectivity index (χ0v) is 27.5. The lowest BCUT2D eigenvalue weighted by molar-refractivity contribution is -0.139. The Bertz CT molecular complexity index is 1560. The maximum Gasteiger partial charge on any atom is 0.317 e. The van der Waals surface area contributed by atoms with Gasteiger partial charge in [0.1, 0.15) is 0 Å². The van der Waals surface area contributed by atoms with Gasteiger partial charge in [-0.15, -0.1) is 0 Å². The average molecular weight is 651 g/mol. The number of nitrogens with two attached hydrogens (primary N) is 4.